The van der Waals surface area contributed by atoms with Gasteiger partial charge in [-0.25, -0.2) is 0 Å². The third-order valence-corrected chi connectivity index (χ3v) is 4.87. The van der Waals surface area contributed by atoms with Crippen LogP contribution in [0.25, 0.3) is 0 Å². The van der Waals surface area contributed by atoms with Gasteiger partial charge in [-0.2, -0.15) is 0 Å². The largest absolute Gasteiger partial charge is 0.492 e. The standard InChI is InChI=1S/C24H20N2O4/c1-2-30-21-10-6-5-9-20(21)25-22(27)17-13-11-16(12-14-17)15-26-23(28)18-7-3-4-8-19(18)24(26)29/h3-14H,2,15H2,1H3,(H,25,27). The third kappa shape index (κ3) is 3.67. The summed E-state index contributed by atoms with van der Waals surface area (Å²) in [5, 5.41) is 2.85. The van der Waals surface area contributed by atoms with Crippen LogP contribution in [-0.2, 0) is 6.54 Å². The average molecular weight is 400 g/mol. The van der Waals surface area contributed by atoms with E-state index in [9.17, 15) is 14.4 Å². The predicted octanol–water partition coefficient (Wildman–Crippen LogP) is 4.13. The zero-order valence-corrected chi connectivity index (χ0v) is 16.4. The van der Waals surface area contributed by atoms with Gasteiger partial charge in [0.2, 0.25) is 0 Å². The molecule has 3 aromatic carbocycles. The average Bonchev–Trinajstić information content (AvgIpc) is 3.01. The van der Waals surface area contributed by atoms with Gasteiger partial charge in [0, 0.05) is 5.56 Å². The molecule has 1 N–H and O–H groups in total. The summed E-state index contributed by atoms with van der Waals surface area (Å²) in [6.45, 7) is 2.53. The molecule has 0 bridgehead atoms. The highest BCUT2D eigenvalue weighted by atomic mass is 16.5. The van der Waals surface area contributed by atoms with Gasteiger partial charge >= 0.3 is 0 Å². The molecule has 0 radical (unpaired) electrons. The molecular formula is C24H20N2O4. The molecule has 0 fully saturated rings. The van der Waals surface area contributed by atoms with Gasteiger partial charge in [0.05, 0.1) is 30.0 Å². The number of nitrogens with one attached hydrogen (secondary N) is 1. The van der Waals surface area contributed by atoms with Crippen molar-refractivity contribution in [3.05, 3.63) is 95.1 Å². The van der Waals surface area contributed by atoms with E-state index in [0.29, 0.717) is 34.7 Å². The van der Waals surface area contributed by atoms with E-state index in [1.807, 2.05) is 19.1 Å². The fourth-order valence-electron chi connectivity index (χ4n) is 3.37. The molecule has 3 aromatic rings. The van der Waals surface area contributed by atoms with Crippen molar-refractivity contribution in [2.75, 3.05) is 11.9 Å². The molecule has 0 aromatic heterocycles. The van der Waals surface area contributed by atoms with E-state index in [0.717, 1.165) is 5.56 Å². The van der Waals surface area contributed by atoms with Crippen LogP contribution >= 0.6 is 0 Å². The lowest BCUT2D eigenvalue weighted by atomic mass is 10.1. The van der Waals surface area contributed by atoms with Crippen LogP contribution in [0.2, 0.25) is 0 Å². The fourth-order valence-corrected chi connectivity index (χ4v) is 3.37. The van der Waals surface area contributed by atoms with E-state index < -0.39 is 0 Å². The fraction of sp³-hybridized carbons (Fsp3) is 0.125. The van der Waals surface area contributed by atoms with Crippen LogP contribution in [0.4, 0.5) is 5.69 Å². The summed E-state index contributed by atoms with van der Waals surface area (Å²) in [4.78, 5) is 38.8. The minimum Gasteiger partial charge on any atom is -0.492 e. The topological polar surface area (TPSA) is 75.7 Å². The number of fused-ring (bicyclic) bond motifs is 1. The second-order valence-corrected chi connectivity index (χ2v) is 6.82. The highest BCUT2D eigenvalue weighted by Gasteiger charge is 2.34. The number of para-hydroxylation sites is 2. The Morgan fingerprint density at radius 3 is 2.10 bits per heavy atom. The van der Waals surface area contributed by atoms with Gasteiger partial charge in [-0.05, 0) is 48.9 Å². The van der Waals surface area contributed by atoms with Crippen molar-refractivity contribution in [2.45, 2.75) is 13.5 Å². The molecule has 0 spiro atoms. The first-order valence-electron chi connectivity index (χ1n) is 9.66. The summed E-state index contributed by atoms with van der Waals surface area (Å²) in [7, 11) is 0. The van der Waals surface area contributed by atoms with Gasteiger partial charge in [-0.3, -0.25) is 19.3 Å². The SMILES string of the molecule is CCOc1ccccc1NC(=O)c1ccc(CN2C(=O)c3ccccc3C2=O)cc1. The summed E-state index contributed by atoms with van der Waals surface area (Å²) in [5.41, 5.74) is 2.67. The molecular weight excluding hydrogens is 380 g/mol. The Bertz CT molecular complexity index is 1090. The molecule has 150 valence electrons. The minimum absolute atomic E-state index is 0.154. The summed E-state index contributed by atoms with van der Waals surface area (Å²) in [6, 6.07) is 20.9. The normalized spacial score (nSPS) is 12.6. The van der Waals surface area contributed by atoms with Gasteiger partial charge in [-0.15, -0.1) is 0 Å². The van der Waals surface area contributed by atoms with E-state index in [1.54, 1.807) is 60.7 Å². The number of benzene rings is 3. The van der Waals surface area contributed by atoms with Crippen LogP contribution in [0.3, 0.4) is 0 Å². The van der Waals surface area contributed by atoms with Crippen molar-refractivity contribution < 1.29 is 19.1 Å². The highest BCUT2D eigenvalue weighted by molar-refractivity contribution is 6.21. The Morgan fingerprint density at radius 2 is 1.47 bits per heavy atom. The number of hydrogen-bond donors (Lipinski definition) is 1. The summed E-state index contributed by atoms with van der Waals surface area (Å²) in [6.07, 6.45) is 0. The van der Waals surface area contributed by atoms with E-state index in [2.05, 4.69) is 5.32 Å². The van der Waals surface area contributed by atoms with Crippen molar-refractivity contribution in [2.24, 2.45) is 0 Å². The van der Waals surface area contributed by atoms with E-state index in [-0.39, 0.29) is 24.3 Å². The number of imide groups is 1. The number of anilines is 1. The highest BCUT2D eigenvalue weighted by Crippen LogP contribution is 2.26. The van der Waals surface area contributed by atoms with Crippen LogP contribution in [0.5, 0.6) is 5.75 Å². The molecule has 6 nitrogen and oxygen atoms in total. The van der Waals surface area contributed by atoms with Crippen LogP contribution in [0.15, 0.2) is 72.8 Å². The van der Waals surface area contributed by atoms with E-state index >= 15 is 0 Å². The number of amides is 3. The van der Waals surface area contributed by atoms with Crippen LogP contribution < -0.4 is 10.1 Å². The Balaban J connectivity index is 1.46. The van der Waals surface area contributed by atoms with Crippen molar-refractivity contribution in [1.29, 1.82) is 0 Å². The number of ether oxygens (including phenoxy) is 1. The molecule has 3 amide bonds. The first-order chi connectivity index (χ1) is 14.6. The predicted molar refractivity (Wildman–Crippen MR) is 113 cm³/mol. The quantitative estimate of drug-likeness (QED) is 0.631. The van der Waals surface area contributed by atoms with Crippen LogP contribution in [0.1, 0.15) is 43.6 Å². The zero-order chi connectivity index (χ0) is 21.1. The number of rotatable bonds is 6. The summed E-state index contributed by atoms with van der Waals surface area (Å²) >= 11 is 0. The van der Waals surface area contributed by atoms with E-state index in [4.69, 9.17) is 4.74 Å². The Hall–Kier alpha value is -3.93. The number of nitrogens with zero attached hydrogens (tertiary/aromatic N) is 1. The van der Waals surface area contributed by atoms with Gasteiger partial charge in [0.15, 0.2) is 0 Å². The van der Waals surface area contributed by atoms with Crippen LogP contribution in [0, 0.1) is 0 Å². The maximum Gasteiger partial charge on any atom is 0.261 e. The minimum atomic E-state index is -0.301. The Labute approximate surface area is 174 Å². The smallest absolute Gasteiger partial charge is 0.261 e. The van der Waals surface area contributed by atoms with E-state index in [1.165, 1.54) is 4.90 Å². The Kier molecular flexibility index (Phi) is 5.30. The molecule has 1 aliphatic rings. The van der Waals surface area contributed by atoms with Crippen molar-refractivity contribution in [3.8, 4) is 5.75 Å². The van der Waals surface area contributed by atoms with Gasteiger partial charge in [0.1, 0.15) is 5.75 Å². The third-order valence-electron chi connectivity index (χ3n) is 4.87. The monoisotopic (exact) mass is 400 g/mol. The lowest BCUT2D eigenvalue weighted by molar-refractivity contribution is 0.0642. The lowest BCUT2D eigenvalue weighted by Gasteiger charge is -2.14. The number of carbonyl (C=O) groups is 3. The first-order valence-corrected chi connectivity index (χ1v) is 9.66. The molecule has 30 heavy (non-hydrogen) atoms. The zero-order valence-electron chi connectivity index (χ0n) is 16.4. The lowest BCUT2D eigenvalue weighted by Crippen LogP contribution is -2.29. The number of hydrogen-bond acceptors (Lipinski definition) is 4. The maximum absolute atomic E-state index is 12.6. The molecule has 0 atom stereocenters. The molecule has 0 aliphatic carbocycles. The molecule has 4 rings (SSSR count). The molecule has 0 unspecified atom stereocenters. The maximum atomic E-state index is 12.6. The number of carbonyl (C=O) groups excluding carboxylic acids is 3. The second kappa shape index (κ2) is 8.21. The van der Waals surface area contributed by atoms with Crippen LogP contribution in [-0.4, -0.2) is 29.2 Å². The molecule has 0 saturated heterocycles. The molecule has 0 saturated carbocycles. The summed E-state index contributed by atoms with van der Waals surface area (Å²) in [5.74, 6) is -0.264. The summed E-state index contributed by atoms with van der Waals surface area (Å²) < 4.78 is 5.53. The van der Waals surface area contributed by atoms with Crippen molar-refractivity contribution in [3.63, 3.8) is 0 Å². The molecule has 1 heterocycles. The molecule has 1 aliphatic heterocycles. The van der Waals surface area contributed by atoms with Gasteiger partial charge < -0.3 is 10.1 Å². The van der Waals surface area contributed by atoms with Crippen molar-refractivity contribution >= 4 is 23.4 Å². The molecule has 6 heteroatoms. The Morgan fingerprint density at radius 1 is 0.867 bits per heavy atom. The van der Waals surface area contributed by atoms with Gasteiger partial charge in [-0.1, -0.05) is 36.4 Å². The van der Waals surface area contributed by atoms with Crippen molar-refractivity contribution in [1.82, 2.24) is 4.90 Å². The first kappa shape index (κ1) is 19.4. The van der Waals surface area contributed by atoms with Gasteiger partial charge in [0.25, 0.3) is 17.7 Å². The second-order valence-electron chi connectivity index (χ2n) is 6.82.